The van der Waals surface area contributed by atoms with E-state index in [1.165, 1.54) is 0 Å². The van der Waals surface area contributed by atoms with E-state index in [0.717, 1.165) is 43.9 Å². The number of nitrogens with zero attached hydrogens (tertiary/aromatic N) is 3. The number of carbonyl (C=O) groups is 4. The molecule has 0 radical (unpaired) electrons. The second kappa shape index (κ2) is 17.0. The van der Waals surface area contributed by atoms with Gasteiger partial charge in [0.2, 0.25) is 5.91 Å². The molecule has 0 spiro atoms. The van der Waals surface area contributed by atoms with Gasteiger partial charge >= 0.3 is 24.9 Å². The zero-order valence-electron chi connectivity index (χ0n) is 28.6. The van der Waals surface area contributed by atoms with Crippen molar-refractivity contribution in [2.45, 2.75) is 72.1 Å². The monoisotopic (exact) mass is 743 g/mol. The number of alkyl halides is 5. The normalized spacial score (nSPS) is 14.1. The van der Waals surface area contributed by atoms with Crippen LogP contribution in [0.1, 0.15) is 46.7 Å². The van der Waals surface area contributed by atoms with Gasteiger partial charge in [-0.25, -0.2) is 28.4 Å². The molecule has 1 aromatic carbocycles. The van der Waals surface area contributed by atoms with Gasteiger partial charge in [0.25, 0.3) is 5.91 Å². The second-order valence-corrected chi connectivity index (χ2v) is 12.9. The summed E-state index contributed by atoms with van der Waals surface area (Å²) in [5.41, 5.74) is -2.57. The number of aromatic nitrogens is 2. The number of ether oxygens (including phenoxy) is 2. The van der Waals surface area contributed by atoms with Crippen molar-refractivity contribution >= 4 is 24.0 Å². The van der Waals surface area contributed by atoms with Crippen molar-refractivity contribution in [1.29, 1.82) is 0 Å². The van der Waals surface area contributed by atoms with Crippen LogP contribution < -0.4 is 21.4 Å². The van der Waals surface area contributed by atoms with E-state index in [4.69, 9.17) is 0 Å². The SMILES string of the molecule is COC(=O)NC(C(=O)NC[C@@H](O)CN(Cc1c(F)cc(-c2cn(C(F)F)cn2)cc1F)NC(=O)[C@@H](NC(=O)OC)C(C)(C)C)C(C)(C)C(F)(F)F. The molecule has 21 heteroatoms. The number of halogens is 7. The van der Waals surface area contributed by atoms with Gasteiger partial charge in [0.1, 0.15) is 23.7 Å². The van der Waals surface area contributed by atoms with Gasteiger partial charge in [-0.3, -0.25) is 19.6 Å². The molecular weight excluding hydrogens is 703 g/mol. The Bertz CT molecular complexity index is 1520. The van der Waals surface area contributed by atoms with Crippen molar-refractivity contribution in [2.24, 2.45) is 10.8 Å². The Labute approximate surface area is 288 Å². The summed E-state index contributed by atoms with van der Waals surface area (Å²) in [6.07, 6.45) is -7.48. The number of amides is 4. The maximum absolute atomic E-state index is 15.4. The minimum absolute atomic E-state index is 0.188. The molecular formula is C30H40F7N7O7. The van der Waals surface area contributed by atoms with E-state index >= 15 is 8.78 Å². The van der Waals surface area contributed by atoms with Crippen LogP contribution in [-0.4, -0.2) is 95.3 Å². The minimum Gasteiger partial charge on any atom is -0.453 e. The highest BCUT2D eigenvalue weighted by Gasteiger charge is 2.55. The molecule has 14 nitrogen and oxygen atoms in total. The van der Waals surface area contributed by atoms with Crippen LogP contribution in [-0.2, 0) is 25.6 Å². The molecule has 1 aromatic heterocycles. The van der Waals surface area contributed by atoms with Crippen LogP contribution in [0.3, 0.4) is 0 Å². The summed E-state index contributed by atoms with van der Waals surface area (Å²) in [4.78, 5) is 53.7. The fourth-order valence-electron chi connectivity index (χ4n) is 4.46. The lowest BCUT2D eigenvalue weighted by molar-refractivity contribution is -0.220. The number of imidazole rings is 1. The van der Waals surface area contributed by atoms with Gasteiger partial charge in [0, 0.05) is 37.0 Å². The minimum atomic E-state index is -5.00. The summed E-state index contributed by atoms with van der Waals surface area (Å²) in [5.74, 6) is -4.77. The second-order valence-electron chi connectivity index (χ2n) is 12.9. The van der Waals surface area contributed by atoms with Crippen LogP contribution in [0, 0.1) is 22.5 Å². The highest BCUT2D eigenvalue weighted by atomic mass is 19.4. The molecule has 286 valence electrons. The van der Waals surface area contributed by atoms with Gasteiger partial charge in [-0.05, 0) is 31.4 Å². The van der Waals surface area contributed by atoms with Crippen molar-refractivity contribution in [3.8, 4) is 11.3 Å². The molecule has 0 aliphatic heterocycles. The lowest BCUT2D eigenvalue weighted by atomic mass is 9.83. The van der Waals surface area contributed by atoms with Crippen LogP contribution in [0.2, 0.25) is 0 Å². The summed E-state index contributed by atoms with van der Waals surface area (Å²) in [7, 11) is 1.90. The van der Waals surface area contributed by atoms with Crippen molar-refractivity contribution < 1.29 is 64.5 Å². The fraction of sp³-hybridized carbons (Fsp3) is 0.567. The quantitative estimate of drug-likeness (QED) is 0.143. The van der Waals surface area contributed by atoms with Crippen LogP contribution in [0.15, 0.2) is 24.7 Å². The van der Waals surface area contributed by atoms with E-state index in [0.29, 0.717) is 18.4 Å². The van der Waals surface area contributed by atoms with E-state index < -0.39 is 103 Å². The molecule has 0 aliphatic rings. The average Bonchev–Trinajstić information content (AvgIpc) is 3.52. The molecule has 4 amide bonds. The molecule has 1 unspecified atom stereocenters. The number of hydrogen-bond donors (Lipinski definition) is 5. The Morgan fingerprint density at radius 2 is 1.45 bits per heavy atom. The average molecular weight is 744 g/mol. The first-order valence-electron chi connectivity index (χ1n) is 15.0. The summed E-state index contributed by atoms with van der Waals surface area (Å²) >= 11 is 0. The van der Waals surface area contributed by atoms with Crippen LogP contribution >= 0.6 is 0 Å². The summed E-state index contributed by atoms with van der Waals surface area (Å²) in [6, 6.07) is -1.98. The molecule has 1 heterocycles. The number of benzene rings is 1. The standard InChI is InChI=1S/C30H40F7N7O7/c1-28(2,3)21(40-26(48)50-6)24(47)42-44(12-17-18(31)8-15(9-19(17)32)20-13-43(14-39-20)25(33)34)11-16(45)10-38-23(46)22(41-27(49)51-7)29(4,5)30(35,36)37/h8-9,13-14,16,21-22,25,45H,10-12H2,1-7H3,(H,38,46)(H,40,48)(H,41,49)(H,42,47)/t16-,21-,22?/m1/s1. The largest absolute Gasteiger partial charge is 0.453 e. The van der Waals surface area contributed by atoms with Gasteiger partial charge in [-0.15, -0.1) is 0 Å². The molecule has 2 aromatic rings. The maximum Gasteiger partial charge on any atom is 0.407 e. The van der Waals surface area contributed by atoms with Crippen molar-refractivity contribution in [1.82, 2.24) is 35.9 Å². The van der Waals surface area contributed by atoms with Gasteiger partial charge < -0.3 is 30.5 Å². The van der Waals surface area contributed by atoms with E-state index in [1.807, 2.05) is 0 Å². The first-order chi connectivity index (χ1) is 23.4. The molecule has 3 atom stereocenters. The Hall–Kier alpha value is -4.66. The summed E-state index contributed by atoms with van der Waals surface area (Å²) < 4.78 is 107. The smallest absolute Gasteiger partial charge is 0.407 e. The zero-order chi connectivity index (χ0) is 39.1. The summed E-state index contributed by atoms with van der Waals surface area (Å²) in [5, 5.41) is 17.8. The molecule has 2 rings (SSSR count). The van der Waals surface area contributed by atoms with Gasteiger partial charge in [0.15, 0.2) is 0 Å². The first-order valence-corrected chi connectivity index (χ1v) is 15.0. The Morgan fingerprint density at radius 3 is 1.90 bits per heavy atom. The van der Waals surface area contributed by atoms with Crippen molar-refractivity contribution in [2.75, 3.05) is 27.3 Å². The topological polar surface area (TPSA) is 176 Å². The lowest BCUT2D eigenvalue weighted by Gasteiger charge is -2.35. The number of methoxy groups -OCH3 is 2. The number of rotatable bonds is 14. The van der Waals surface area contributed by atoms with Crippen LogP contribution in [0.4, 0.5) is 40.3 Å². The van der Waals surface area contributed by atoms with Crippen LogP contribution in [0.25, 0.3) is 11.3 Å². The van der Waals surface area contributed by atoms with Crippen molar-refractivity contribution in [3.63, 3.8) is 0 Å². The first kappa shape index (κ1) is 42.5. The molecule has 0 saturated carbocycles. The maximum atomic E-state index is 15.4. The third kappa shape index (κ3) is 11.4. The Balaban J connectivity index is 2.41. The highest BCUT2D eigenvalue weighted by molar-refractivity contribution is 5.87. The molecule has 5 N–H and O–H groups in total. The van der Waals surface area contributed by atoms with E-state index in [1.54, 1.807) is 26.1 Å². The van der Waals surface area contributed by atoms with Crippen LogP contribution in [0.5, 0.6) is 0 Å². The third-order valence-electron chi connectivity index (χ3n) is 7.56. The number of carbonyl (C=O) groups excluding carboxylic acids is 4. The highest BCUT2D eigenvalue weighted by Crippen LogP contribution is 2.40. The third-order valence-corrected chi connectivity index (χ3v) is 7.56. The zero-order valence-corrected chi connectivity index (χ0v) is 28.6. The van der Waals surface area contributed by atoms with E-state index in [2.05, 4.69) is 30.5 Å². The fourth-order valence-corrected chi connectivity index (χ4v) is 4.46. The number of alkyl carbamates (subject to hydrolysis) is 2. The molecule has 0 bridgehead atoms. The Morgan fingerprint density at radius 1 is 0.922 bits per heavy atom. The summed E-state index contributed by atoms with van der Waals surface area (Å²) in [6.45, 7) is 0.690. The number of nitrogens with one attached hydrogen (secondary N) is 4. The number of aliphatic hydroxyl groups is 1. The van der Waals surface area contributed by atoms with Gasteiger partial charge in [-0.1, -0.05) is 20.8 Å². The van der Waals surface area contributed by atoms with Crippen molar-refractivity contribution in [3.05, 3.63) is 41.9 Å². The predicted octanol–water partition coefficient (Wildman–Crippen LogP) is 3.62. The number of hydrogen-bond acceptors (Lipinski definition) is 9. The lowest BCUT2D eigenvalue weighted by Crippen LogP contribution is -2.60. The Kier molecular flexibility index (Phi) is 14.2. The van der Waals surface area contributed by atoms with E-state index in [-0.39, 0.29) is 11.3 Å². The molecule has 0 aliphatic carbocycles. The predicted molar refractivity (Wildman–Crippen MR) is 164 cm³/mol. The van der Waals surface area contributed by atoms with Gasteiger partial charge in [-0.2, -0.15) is 22.0 Å². The molecule has 51 heavy (non-hydrogen) atoms. The van der Waals surface area contributed by atoms with E-state index in [9.17, 15) is 46.2 Å². The molecule has 0 saturated heterocycles. The molecule has 0 fully saturated rings. The number of hydrazine groups is 1. The number of aliphatic hydroxyl groups excluding tert-OH is 1. The van der Waals surface area contributed by atoms with Gasteiger partial charge in [0.05, 0.1) is 37.8 Å².